The van der Waals surface area contributed by atoms with Crippen LogP contribution in [0.25, 0.3) is 0 Å². The normalized spacial score (nSPS) is 13.5. The van der Waals surface area contributed by atoms with Crippen LogP contribution in [-0.4, -0.2) is 31.5 Å². The molecule has 148 valence electrons. The lowest BCUT2D eigenvalue weighted by Crippen LogP contribution is -2.50. The van der Waals surface area contributed by atoms with E-state index in [1.54, 1.807) is 0 Å². The molecule has 0 saturated carbocycles. The SMILES string of the molecule is Cc1ccccc1OCCCC(=O)Nc1ccc(CNC(=O)C2CNC2)cc1. The van der Waals surface area contributed by atoms with Gasteiger partial charge in [-0.15, -0.1) is 0 Å². The zero-order valence-electron chi connectivity index (χ0n) is 16.2. The summed E-state index contributed by atoms with van der Waals surface area (Å²) in [5.74, 6) is 1.00. The van der Waals surface area contributed by atoms with Gasteiger partial charge >= 0.3 is 0 Å². The van der Waals surface area contributed by atoms with Crippen molar-refractivity contribution in [1.82, 2.24) is 10.6 Å². The van der Waals surface area contributed by atoms with Crippen molar-refractivity contribution in [2.24, 2.45) is 5.92 Å². The van der Waals surface area contributed by atoms with E-state index in [-0.39, 0.29) is 17.7 Å². The fraction of sp³-hybridized carbons (Fsp3) is 0.364. The van der Waals surface area contributed by atoms with Gasteiger partial charge in [0.25, 0.3) is 0 Å². The Morgan fingerprint density at radius 2 is 1.86 bits per heavy atom. The smallest absolute Gasteiger partial charge is 0.225 e. The highest BCUT2D eigenvalue weighted by atomic mass is 16.5. The molecule has 6 heteroatoms. The largest absolute Gasteiger partial charge is 0.493 e. The second kappa shape index (κ2) is 9.90. The molecule has 28 heavy (non-hydrogen) atoms. The summed E-state index contributed by atoms with van der Waals surface area (Å²) >= 11 is 0. The van der Waals surface area contributed by atoms with E-state index in [2.05, 4.69) is 16.0 Å². The quantitative estimate of drug-likeness (QED) is 0.584. The summed E-state index contributed by atoms with van der Waals surface area (Å²) in [6.07, 6.45) is 1.05. The lowest BCUT2D eigenvalue weighted by atomic mass is 10.0. The fourth-order valence-corrected chi connectivity index (χ4v) is 2.87. The van der Waals surface area contributed by atoms with Gasteiger partial charge in [0.15, 0.2) is 0 Å². The number of nitrogens with one attached hydrogen (secondary N) is 3. The fourth-order valence-electron chi connectivity index (χ4n) is 2.87. The molecular formula is C22H27N3O3. The van der Waals surface area contributed by atoms with E-state index < -0.39 is 0 Å². The molecule has 0 radical (unpaired) electrons. The van der Waals surface area contributed by atoms with E-state index in [0.717, 1.165) is 35.7 Å². The number of carbonyl (C=O) groups excluding carboxylic acids is 2. The summed E-state index contributed by atoms with van der Waals surface area (Å²) in [6, 6.07) is 15.4. The van der Waals surface area contributed by atoms with Crippen molar-refractivity contribution in [2.75, 3.05) is 25.0 Å². The maximum Gasteiger partial charge on any atom is 0.225 e. The first-order chi connectivity index (χ1) is 13.6. The minimum Gasteiger partial charge on any atom is -0.493 e. The third-order valence-corrected chi connectivity index (χ3v) is 4.76. The molecule has 2 aromatic rings. The number of hydrogen-bond acceptors (Lipinski definition) is 4. The topological polar surface area (TPSA) is 79.5 Å². The standard InChI is InChI=1S/C22H27N3O3/c1-16-5-2-3-6-20(16)28-12-4-7-21(26)25-19-10-8-17(9-11-19)13-24-22(27)18-14-23-15-18/h2-3,5-6,8-11,18,23H,4,7,12-15H2,1H3,(H,24,27)(H,25,26). The van der Waals surface area contributed by atoms with E-state index in [9.17, 15) is 9.59 Å². The van der Waals surface area contributed by atoms with Crippen molar-refractivity contribution in [3.63, 3.8) is 0 Å². The molecular weight excluding hydrogens is 354 g/mol. The number of benzene rings is 2. The number of hydrogen-bond donors (Lipinski definition) is 3. The van der Waals surface area contributed by atoms with Crippen LogP contribution in [0.1, 0.15) is 24.0 Å². The lowest BCUT2D eigenvalue weighted by molar-refractivity contribution is -0.126. The van der Waals surface area contributed by atoms with Crippen LogP contribution in [0.3, 0.4) is 0 Å². The minimum absolute atomic E-state index is 0.0353. The Balaban J connectivity index is 1.34. The summed E-state index contributed by atoms with van der Waals surface area (Å²) in [6.45, 7) is 4.52. The maximum atomic E-state index is 12.1. The van der Waals surface area contributed by atoms with Crippen LogP contribution in [0, 0.1) is 12.8 Å². The summed E-state index contributed by atoms with van der Waals surface area (Å²) in [4.78, 5) is 23.9. The van der Waals surface area contributed by atoms with Gasteiger partial charge in [-0.2, -0.15) is 0 Å². The van der Waals surface area contributed by atoms with Crippen molar-refractivity contribution in [3.05, 3.63) is 59.7 Å². The molecule has 1 saturated heterocycles. The summed E-state index contributed by atoms with van der Waals surface area (Å²) in [5, 5.41) is 8.91. The molecule has 3 N–H and O–H groups in total. The molecule has 0 unspecified atom stereocenters. The molecule has 1 fully saturated rings. The molecule has 0 aromatic heterocycles. The molecule has 6 nitrogen and oxygen atoms in total. The molecule has 1 aliphatic rings. The number of rotatable bonds is 9. The molecule has 2 aromatic carbocycles. The number of aryl methyl sites for hydroxylation is 1. The Bertz CT molecular complexity index is 801. The number of carbonyl (C=O) groups is 2. The van der Waals surface area contributed by atoms with Gasteiger partial charge in [0.1, 0.15) is 5.75 Å². The monoisotopic (exact) mass is 381 g/mol. The average Bonchev–Trinajstić information content (AvgIpc) is 2.64. The predicted molar refractivity (Wildman–Crippen MR) is 109 cm³/mol. The third-order valence-electron chi connectivity index (χ3n) is 4.76. The molecule has 1 heterocycles. The first-order valence-electron chi connectivity index (χ1n) is 9.67. The average molecular weight is 381 g/mol. The minimum atomic E-state index is -0.0353. The zero-order chi connectivity index (χ0) is 19.8. The number of para-hydroxylation sites is 1. The van der Waals surface area contributed by atoms with Crippen molar-refractivity contribution >= 4 is 17.5 Å². The predicted octanol–water partition coefficient (Wildman–Crippen LogP) is 2.63. The van der Waals surface area contributed by atoms with Crippen LogP contribution >= 0.6 is 0 Å². The highest BCUT2D eigenvalue weighted by Gasteiger charge is 2.24. The van der Waals surface area contributed by atoms with Gasteiger partial charge in [0.2, 0.25) is 11.8 Å². The van der Waals surface area contributed by atoms with Crippen LogP contribution < -0.4 is 20.7 Å². The Labute approximate surface area is 165 Å². The van der Waals surface area contributed by atoms with Crippen molar-refractivity contribution in [3.8, 4) is 5.75 Å². The number of amides is 2. The second-order valence-corrected chi connectivity index (χ2v) is 7.04. The summed E-state index contributed by atoms with van der Waals surface area (Å²) in [7, 11) is 0. The number of anilines is 1. The Morgan fingerprint density at radius 1 is 1.11 bits per heavy atom. The molecule has 0 spiro atoms. The Kier molecular flexibility index (Phi) is 7.03. The van der Waals surface area contributed by atoms with Crippen LogP contribution in [0.5, 0.6) is 5.75 Å². The first kappa shape index (κ1) is 19.9. The van der Waals surface area contributed by atoms with E-state index >= 15 is 0 Å². The molecule has 1 aliphatic heterocycles. The molecule has 0 atom stereocenters. The summed E-state index contributed by atoms with van der Waals surface area (Å²) < 4.78 is 5.71. The van der Waals surface area contributed by atoms with E-state index in [4.69, 9.17) is 4.74 Å². The van der Waals surface area contributed by atoms with Gasteiger partial charge in [-0.1, -0.05) is 30.3 Å². The highest BCUT2D eigenvalue weighted by molar-refractivity contribution is 5.90. The van der Waals surface area contributed by atoms with Gasteiger partial charge in [-0.3, -0.25) is 9.59 Å². The Hall–Kier alpha value is -2.86. The van der Waals surface area contributed by atoms with Crippen LogP contribution in [0.4, 0.5) is 5.69 Å². The second-order valence-electron chi connectivity index (χ2n) is 7.04. The van der Waals surface area contributed by atoms with E-state index in [1.807, 2.05) is 55.5 Å². The van der Waals surface area contributed by atoms with E-state index in [0.29, 0.717) is 26.0 Å². The summed E-state index contributed by atoms with van der Waals surface area (Å²) in [5.41, 5.74) is 2.85. The highest BCUT2D eigenvalue weighted by Crippen LogP contribution is 2.16. The van der Waals surface area contributed by atoms with Gasteiger partial charge in [0.05, 0.1) is 12.5 Å². The van der Waals surface area contributed by atoms with Crippen molar-refractivity contribution < 1.29 is 14.3 Å². The molecule has 2 amide bonds. The molecule has 0 bridgehead atoms. The van der Waals surface area contributed by atoms with Gasteiger partial charge in [0, 0.05) is 31.7 Å². The Morgan fingerprint density at radius 3 is 2.54 bits per heavy atom. The van der Waals surface area contributed by atoms with Crippen LogP contribution in [0.2, 0.25) is 0 Å². The lowest BCUT2D eigenvalue weighted by Gasteiger charge is -2.25. The van der Waals surface area contributed by atoms with Gasteiger partial charge in [-0.25, -0.2) is 0 Å². The number of ether oxygens (including phenoxy) is 1. The zero-order valence-corrected chi connectivity index (χ0v) is 16.2. The first-order valence-corrected chi connectivity index (χ1v) is 9.67. The van der Waals surface area contributed by atoms with Crippen LogP contribution in [-0.2, 0) is 16.1 Å². The third kappa shape index (κ3) is 5.82. The maximum absolute atomic E-state index is 12.1. The molecule has 3 rings (SSSR count). The molecule has 0 aliphatic carbocycles. The van der Waals surface area contributed by atoms with E-state index in [1.165, 1.54) is 0 Å². The van der Waals surface area contributed by atoms with Crippen molar-refractivity contribution in [2.45, 2.75) is 26.3 Å². The van der Waals surface area contributed by atoms with Crippen LogP contribution in [0.15, 0.2) is 48.5 Å². The van der Waals surface area contributed by atoms with Gasteiger partial charge in [-0.05, 0) is 42.7 Å². The van der Waals surface area contributed by atoms with Gasteiger partial charge < -0.3 is 20.7 Å². The van der Waals surface area contributed by atoms with Crippen molar-refractivity contribution in [1.29, 1.82) is 0 Å².